The molecule has 0 saturated heterocycles. The first-order chi connectivity index (χ1) is 9.07. The summed E-state index contributed by atoms with van der Waals surface area (Å²) in [6.07, 6.45) is 2.29. The maximum absolute atomic E-state index is 11.7. The first-order valence-corrected chi connectivity index (χ1v) is 6.84. The van der Waals surface area contributed by atoms with Crippen LogP contribution in [0.25, 0.3) is 0 Å². The summed E-state index contributed by atoms with van der Waals surface area (Å²) >= 11 is 0. The molecule has 2 atom stereocenters. The normalized spacial score (nSPS) is 26.3. The first kappa shape index (κ1) is 13.9. The van der Waals surface area contributed by atoms with Crippen LogP contribution in [0.5, 0.6) is 5.75 Å². The van der Waals surface area contributed by atoms with Crippen molar-refractivity contribution in [3.8, 4) is 5.75 Å². The summed E-state index contributed by atoms with van der Waals surface area (Å²) in [6.45, 7) is 4.75. The molecule has 1 aliphatic carbocycles. The summed E-state index contributed by atoms with van der Waals surface area (Å²) < 4.78 is 6.01. The number of primary amides is 1. The Labute approximate surface area is 114 Å². The molecule has 1 aromatic carbocycles. The largest absolute Gasteiger partial charge is 0.490 e. The molecule has 3 N–H and O–H groups in total. The molecule has 1 aliphatic rings. The van der Waals surface area contributed by atoms with Gasteiger partial charge in [0.15, 0.2) is 0 Å². The average Bonchev–Trinajstić information content (AvgIpc) is 2.77. The summed E-state index contributed by atoms with van der Waals surface area (Å²) in [7, 11) is 0. The van der Waals surface area contributed by atoms with Crippen LogP contribution in [0, 0.1) is 6.92 Å². The van der Waals surface area contributed by atoms with Crippen LogP contribution >= 0.6 is 0 Å². The monoisotopic (exact) mass is 262 g/mol. The van der Waals surface area contributed by atoms with Crippen molar-refractivity contribution in [1.82, 2.24) is 5.32 Å². The van der Waals surface area contributed by atoms with E-state index in [1.165, 1.54) is 0 Å². The lowest BCUT2D eigenvalue weighted by Crippen LogP contribution is -2.54. The Morgan fingerprint density at radius 2 is 2.26 bits per heavy atom. The van der Waals surface area contributed by atoms with Crippen molar-refractivity contribution in [3.63, 3.8) is 0 Å². The third-order valence-corrected chi connectivity index (χ3v) is 3.84. The second kappa shape index (κ2) is 5.61. The number of amides is 1. The van der Waals surface area contributed by atoms with E-state index in [9.17, 15) is 4.79 Å². The fraction of sp³-hybridized carbons (Fsp3) is 0.533. The minimum atomic E-state index is -0.595. The molecule has 0 aliphatic heterocycles. The Balaban J connectivity index is 2.06. The zero-order valence-corrected chi connectivity index (χ0v) is 11.6. The van der Waals surface area contributed by atoms with E-state index in [0.29, 0.717) is 6.42 Å². The lowest BCUT2D eigenvalue weighted by atomic mass is 9.96. The summed E-state index contributed by atoms with van der Waals surface area (Å²) in [6, 6.07) is 7.94. The molecule has 1 amide bonds. The Morgan fingerprint density at radius 3 is 2.89 bits per heavy atom. The maximum atomic E-state index is 11.7. The van der Waals surface area contributed by atoms with E-state index in [1.807, 2.05) is 38.1 Å². The Hall–Kier alpha value is -1.55. The first-order valence-electron chi connectivity index (χ1n) is 6.84. The molecule has 1 aromatic rings. The number of rotatable bonds is 5. The van der Waals surface area contributed by atoms with Gasteiger partial charge in [-0.05, 0) is 37.9 Å². The van der Waals surface area contributed by atoms with Gasteiger partial charge in [0.2, 0.25) is 5.91 Å². The van der Waals surface area contributed by atoms with Crippen LogP contribution in [0.3, 0.4) is 0 Å². The standard InChI is InChI=1S/C15H22N2O2/c1-3-17-15(14(16)18)9-8-12(10-15)19-13-7-5-4-6-11(13)2/h4-7,12,17H,3,8-10H2,1-2H3,(H2,16,18). The van der Waals surface area contributed by atoms with Crippen molar-refractivity contribution in [2.24, 2.45) is 5.73 Å². The number of hydrogen-bond acceptors (Lipinski definition) is 3. The second-order valence-corrected chi connectivity index (χ2v) is 5.22. The van der Waals surface area contributed by atoms with Gasteiger partial charge >= 0.3 is 0 Å². The number of ether oxygens (including phenoxy) is 1. The van der Waals surface area contributed by atoms with Crippen molar-refractivity contribution < 1.29 is 9.53 Å². The molecule has 104 valence electrons. The summed E-state index contributed by atoms with van der Waals surface area (Å²) in [5.74, 6) is 0.620. The zero-order chi connectivity index (χ0) is 13.9. The van der Waals surface area contributed by atoms with Crippen molar-refractivity contribution in [3.05, 3.63) is 29.8 Å². The van der Waals surface area contributed by atoms with Crippen molar-refractivity contribution in [2.45, 2.75) is 44.8 Å². The number of para-hydroxylation sites is 1. The van der Waals surface area contributed by atoms with Gasteiger partial charge < -0.3 is 15.8 Å². The number of carbonyl (C=O) groups excluding carboxylic acids is 1. The average molecular weight is 262 g/mol. The molecule has 0 spiro atoms. The fourth-order valence-electron chi connectivity index (χ4n) is 2.78. The van der Waals surface area contributed by atoms with Crippen LogP contribution in [-0.4, -0.2) is 24.1 Å². The van der Waals surface area contributed by atoms with E-state index < -0.39 is 5.54 Å². The third-order valence-electron chi connectivity index (χ3n) is 3.84. The number of likely N-dealkylation sites (N-methyl/N-ethyl adjacent to an activating group) is 1. The van der Waals surface area contributed by atoms with E-state index in [-0.39, 0.29) is 12.0 Å². The molecular formula is C15H22N2O2. The van der Waals surface area contributed by atoms with Crippen LogP contribution in [0.15, 0.2) is 24.3 Å². The smallest absolute Gasteiger partial charge is 0.237 e. The molecule has 0 aromatic heterocycles. The number of nitrogens with one attached hydrogen (secondary N) is 1. The highest BCUT2D eigenvalue weighted by Crippen LogP contribution is 2.33. The summed E-state index contributed by atoms with van der Waals surface area (Å²) in [5, 5.41) is 3.23. The summed E-state index contributed by atoms with van der Waals surface area (Å²) in [4.78, 5) is 11.7. The molecule has 1 saturated carbocycles. The van der Waals surface area contributed by atoms with E-state index in [2.05, 4.69) is 5.32 Å². The van der Waals surface area contributed by atoms with Crippen molar-refractivity contribution in [2.75, 3.05) is 6.54 Å². The van der Waals surface area contributed by atoms with Gasteiger partial charge in [0, 0.05) is 6.42 Å². The fourth-order valence-corrected chi connectivity index (χ4v) is 2.78. The van der Waals surface area contributed by atoms with Gasteiger partial charge in [-0.1, -0.05) is 25.1 Å². The Bertz CT molecular complexity index is 461. The molecule has 2 rings (SSSR count). The number of aryl methyl sites for hydroxylation is 1. The number of benzene rings is 1. The SMILES string of the molecule is CCNC1(C(N)=O)CCC(Oc2ccccc2C)C1. The summed E-state index contributed by atoms with van der Waals surface area (Å²) in [5.41, 5.74) is 6.07. The molecular weight excluding hydrogens is 240 g/mol. The molecule has 0 bridgehead atoms. The highest BCUT2D eigenvalue weighted by molar-refractivity contribution is 5.85. The topological polar surface area (TPSA) is 64.3 Å². The number of carbonyl (C=O) groups is 1. The molecule has 4 heteroatoms. The molecule has 19 heavy (non-hydrogen) atoms. The van der Waals surface area contributed by atoms with Gasteiger partial charge in [-0.2, -0.15) is 0 Å². The zero-order valence-electron chi connectivity index (χ0n) is 11.6. The van der Waals surface area contributed by atoms with E-state index in [4.69, 9.17) is 10.5 Å². The predicted octanol–water partition coefficient (Wildman–Crippen LogP) is 1.76. The van der Waals surface area contributed by atoms with Gasteiger partial charge in [0.1, 0.15) is 17.4 Å². The molecule has 2 unspecified atom stereocenters. The minimum absolute atomic E-state index is 0.0487. The highest BCUT2D eigenvalue weighted by atomic mass is 16.5. The van der Waals surface area contributed by atoms with Crippen molar-refractivity contribution in [1.29, 1.82) is 0 Å². The van der Waals surface area contributed by atoms with E-state index in [0.717, 1.165) is 30.7 Å². The van der Waals surface area contributed by atoms with Crippen LogP contribution in [0.4, 0.5) is 0 Å². The Morgan fingerprint density at radius 1 is 1.53 bits per heavy atom. The maximum Gasteiger partial charge on any atom is 0.237 e. The van der Waals surface area contributed by atoms with E-state index >= 15 is 0 Å². The lowest BCUT2D eigenvalue weighted by molar-refractivity contribution is -0.124. The lowest BCUT2D eigenvalue weighted by Gasteiger charge is -2.26. The molecule has 1 fully saturated rings. The second-order valence-electron chi connectivity index (χ2n) is 5.22. The predicted molar refractivity (Wildman–Crippen MR) is 75.0 cm³/mol. The van der Waals surface area contributed by atoms with Crippen LogP contribution in [0.1, 0.15) is 31.7 Å². The quantitative estimate of drug-likeness (QED) is 0.850. The van der Waals surface area contributed by atoms with Gasteiger partial charge in [-0.15, -0.1) is 0 Å². The van der Waals surface area contributed by atoms with Crippen LogP contribution in [-0.2, 0) is 4.79 Å². The third kappa shape index (κ3) is 2.89. The number of hydrogen-bond donors (Lipinski definition) is 2. The Kier molecular flexibility index (Phi) is 4.10. The number of nitrogens with two attached hydrogens (primary N) is 1. The van der Waals surface area contributed by atoms with E-state index in [1.54, 1.807) is 0 Å². The van der Waals surface area contributed by atoms with Gasteiger partial charge in [0.25, 0.3) is 0 Å². The van der Waals surface area contributed by atoms with Gasteiger partial charge in [-0.25, -0.2) is 0 Å². The molecule has 0 radical (unpaired) electrons. The van der Waals surface area contributed by atoms with Gasteiger partial charge in [0.05, 0.1) is 0 Å². The van der Waals surface area contributed by atoms with Gasteiger partial charge in [-0.3, -0.25) is 4.79 Å². The molecule has 4 nitrogen and oxygen atoms in total. The highest BCUT2D eigenvalue weighted by Gasteiger charge is 2.44. The van der Waals surface area contributed by atoms with Crippen LogP contribution in [0.2, 0.25) is 0 Å². The van der Waals surface area contributed by atoms with Crippen LogP contribution < -0.4 is 15.8 Å². The van der Waals surface area contributed by atoms with Crippen molar-refractivity contribution >= 4 is 5.91 Å². The minimum Gasteiger partial charge on any atom is -0.490 e. The molecule has 0 heterocycles.